The van der Waals surface area contributed by atoms with Crippen LogP contribution in [0.25, 0.3) is 20.2 Å². The molecule has 0 amide bonds. The Hall–Kier alpha value is -1.41. The lowest BCUT2D eigenvalue weighted by Gasteiger charge is -2.21. The molecule has 174 valence electrons. The van der Waals surface area contributed by atoms with E-state index in [0.717, 1.165) is 23.1 Å². The van der Waals surface area contributed by atoms with Gasteiger partial charge in [0.25, 0.3) is 0 Å². The van der Waals surface area contributed by atoms with Crippen LogP contribution in [-0.2, 0) is 13.7 Å². The van der Waals surface area contributed by atoms with Crippen molar-refractivity contribution in [2.45, 2.75) is 18.9 Å². The van der Waals surface area contributed by atoms with Gasteiger partial charge < -0.3 is 4.74 Å². The molecule has 3 aromatic rings. The molecule has 4 rings (SSSR count). The molecule has 0 N–H and O–H groups in total. The fourth-order valence-electron chi connectivity index (χ4n) is 3.17. The fraction of sp³-hybridized carbons (Fsp3) is 0.316. The molecule has 2 heterocycles. The van der Waals surface area contributed by atoms with Gasteiger partial charge in [-0.1, -0.05) is 6.07 Å². The molecule has 0 saturated carbocycles. The highest BCUT2D eigenvalue weighted by molar-refractivity contribution is 8.34. The number of halogens is 5. The average molecular weight is 531 g/mol. The van der Waals surface area contributed by atoms with Gasteiger partial charge in [0.05, 0.1) is 20.2 Å². The standard InChI is InChI=1S/C19H15F5O4S4/c1-2-27-13-7-6-11-10-4-5-12(14(20)16(10)30-17(11)15(13)21)18-29-8-3-9-31(18)28-32(25,26)19(22,23)24/h4-7H,2-3,8-9H2,1H3. The lowest BCUT2D eigenvalue weighted by Crippen LogP contribution is -2.25. The van der Waals surface area contributed by atoms with E-state index < -0.39 is 38.0 Å². The maximum Gasteiger partial charge on any atom is 0.524 e. The van der Waals surface area contributed by atoms with Crippen molar-refractivity contribution in [2.75, 3.05) is 18.1 Å². The highest BCUT2D eigenvalue weighted by atomic mass is 32.3. The molecule has 1 aromatic heterocycles. The third kappa shape index (κ3) is 4.13. The van der Waals surface area contributed by atoms with Gasteiger partial charge in [-0.2, -0.15) is 25.2 Å². The van der Waals surface area contributed by atoms with E-state index in [2.05, 4.69) is 3.63 Å². The molecule has 0 aliphatic carbocycles. The molecule has 2 aromatic carbocycles. The number of hydrogen-bond donors (Lipinski definition) is 0. The molecule has 32 heavy (non-hydrogen) atoms. The van der Waals surface area contributed by atoms with Crippen LogP contribution in [0, 0.1) is 11.6 Å². The second kappa shape index (κ2) is 8.75. The lowest BCUT2D eigenvalue weighted by molar-refractivity contribution is -0.0494. The van der Waals surface area contributed by atoms with Crippen molar-refractivity contribution < 1.29 is 38.7 Å². The number of alkyl halides is 3. The van der Waals surface area contributed by atoms with Crippen LogP contribution >= 0.6 is 33.9 Å². The molecule has 0 bridgehead atoms. The zero-order chi connectivity index (χ0) is 23.3. The van der Waals surface area contributed by atoms with Crippen LogP contribution in [0.1, 0.15) is 18.9 Å². The largest absolute Gasteiger partial charge is 0.524 e. The molecule has 1 aliphatic heterocycles. The molecule has 0 saturated heterocycles. The Bertz CT molecular complexity index is 1350. The summed E-state index contributed by atoms with van der Waals surface area (Å²) in [5.74, 6) is -0.837. The summed E-state index contributed by atoms with van der Waals surface area (Å²) in [6.45, 7) is 1.96. The Morgan fingerprint density at radius 1 is 1.06 bits per heavy atom. The Morgan fingerprint density at radius 2 is 1.72 bits per heavy atom. The summed E-state index contributed by atoms with van der Waals surface area (Å²) < 4.78 is 102. The normalized spacial score (nSPS) is 17.9. The van der Waals surface area contributed by atoms with Crippen molar-refractivity contribution in [1.29, 1.82) is 0 Å². The van der Waals surface area contributed by atoms with Crippen LogP contribution in [0.2, 0.25) is 0 Å². The van der Waals surface area contributed by atoms with Gasteiger partial charge in [0.2, 0.25) is 0 Å². The number of ether oxygens (including phenoxy) is 1. The van der Waals surface area contributed by atoms with Gasteiger partial charge in [-0.25, -0.2) is 8.78 Å². The number of fused-ring (bicyclic) bond motifs is 3. The molecule has 0 fully saturated rings. The smallest absolute Gasteiger partial charge is 0.491 e. The number of rotatable bonds is 5. The first-order valence-electron chi connectivity index (χ1n) is 9.23. The van der Waals surface area contributed by atoms with Gasteiger partial charge in [-0.3, -0.25) is 0 Å². The average Bonchev–Trinajstić information content (AvgIpc) is 3.11. The van der Waals surface area contributed by atoms with Gasteiger partial charge in [-0.05, 0) is 48.1 Å². The predicted molar refractivity (Wildman–Crippen MR) is 120 cm³/mol. The van der Waals surface area contributed by atoms with Gasteiger partial charge in [0.1, 0.15) is 5.82 Å². The molecule has 0 radical (unpaired) electrons. The third-order valence-electron chi connectivity index (χ3n) is 4.54. The zero-order valence-electron chi connectivity index (χ0n) is 16.3. The van der Waals surface area contributed by atoms with E-state index in [1.54, 1.807) is 19.1 Å². The number of benzene rings is 2. The van der Waals surface area contributed by atoms with Crippen molar-refractivity contribution in [2.24, 2.45) is 0 Å². The van der Waals surface area contributed by atoms with Gasteiger partial charge in [-0.15, -0.1) is 23.1 Å². The van der Waals surface area contributed by atoms with Crippen LogP contribution in [0.4, 0.5) is 22.0 Å². The van der Waals surface area contributed by atoms with Crippen molar-refractivity contribution in [3.8, 4) is 5.75 Å². The van der Waals surface area contributed by atoms with Crippen LogP contribution in [0.3, 0.4) is 0 Å². The second-order valence-electron chi connectivity index (χ2n) is 6.60. The lowest BCUT2D eigenvalue weighted by atomic mass is 10.1. The topological polar surface area (TPSA) is 52.6 Å². The molecule has 1 atom stereocenters. The molecular weight excluding hydrogens is 515 g/mol. The summed E-state index contributed by atoms with van der Waals surface area (Å²) in [4.78, 5) is 0. The molecule has 13 heteroatoms. The minimum Gasteiger partial charge on any atom is -0.491 e. The van der Waals surface area contributed by atoms with Crippen LogP contribution in [0.15, 0.2) is 24.3 Å². The molecule has 0 spiro atoms. The van der Waals surface area contributed by atoms with Crippen molar-refractivity contribution >= 4 is 68.4 Å². The predicted octanol–water partition coefficient (Wildman–Crippen LogP) is 6.40. The first-order chi connectivity index (χ1) is 15.0. The molecular formula is C19H15F5O4S4. The Kier molecular flexibility index (Phi) is 6.49. The third-order valence-corrected chi connectivity index (χ3v) is 10.9. The first-order valence-corrected chi connectivity index (χ1v) is 13.8. The maximum absolute atomic E-state index is 15.5. The zero-order valence-corrected chi connectivity index (χ0v) is 19.6. The highest BCUT2D eigenvalue weighted by Crippen LogP contribution is 2.43. The Labute approximate surface area is 191 Å². The van der Waals surface area contributed by atoms with Crippen molar-refractivity contribution in [1.82, 2.24) is 0 Å². The summed E-state index contributed by atoms with van der Waals surface area (Å²) in [5.41, 5.74) is -5.61. The number of hydrogen-bond acceptors (Lipinski definition) is 6. The number of thioether (sulfide) groups is 1. The molecule has 1 unspecified atom stereocenters. The van der Waals surface area contributed by atoms with E-state index >= 15 is 4.39 Å². The fourth-order valence-corrected chi connectivity index (χ4v) is 9.27. The summed E-state index contributed by atoms with van der Waals surface area (Å²) >= 11 is 1.92. The van der Waals surface area contributed by atoms with Gasteiger partial charge >= 0.3 is 15.6 Å². The van der Waals surface area contributed by atoms with Crippen LogP contribution in [-0.4, -0.2) is 36.2 Å². The van der Waals surface area contributed by atoms with Gasteiger partial charge in [0, 0.05) is 22.1 Å². The van der Waals surface area contributed by atoms with Crippen LogP contribution in [0.5, 0.6) is 5.75 Å². The number of thiophene rings is 1. The second-order valence-corrected chi connectivity index (χ2v) is 12.4. The maximum atomic E-state index is 15.5. The summed E-state index contributed by atoms with van der Waals surface area (Å²) in [5, 5.41) is 0.922. The monoisotopic (exact) mass is 530 g/mol. The van der Waals surface area contributed by atoms with E-state index in [-0.39, 0.29) is 37.3 Å². The van der Waals surface area contributed by atoms with E-state index in [1.807, 2.05) is 0 Å². The van der Waals surface area contributed by atoms with Crippen molar-refractivity contribution in [3.05, 3.63) is 41.5 Å². The van der Waals surface area contributed by atoms with Gasteiger partial charge in [0.15, 0.2) is 11.6 Å². The summed E-state index contributed by atoms with van der Waals surface area (Å²) in [7, 11) is -7.62. The Morgan fingerprint density at radius 3 is 2.38 bits per heavy atom. The quantitative estimate of drug-likeness (QED) is 0.217. The first kappa shape index (κ1) is 23.7. The summed E-state index contributed by atoms with van der Waals surface area (Å²) in [6.07, 6.45) is 0.419. The van der Waals surface area contributed by atoms with E-state index in [0.29, 0.717) is 22.9 Å². The van der Waals surface area contributed by atoms with Crippen molar-refractivity contribution in [3.63, 3.8) is 0 Å². The van der Waals surface area contributed by atoms with E-state index in [1.165, 1.54) is 12.1 Å². The Balaban J connectivity index is 1.88. The molecule has 1 aliphatic rings. The highest BCUT2D eigenvalue weighted by Gasteiger charge is 2.48. The van der Waals surface area contributed by atoms with E-state index in [9.17, 15) is 26.0 Å². The van der Waals surface area contributed by atoms with Crippen LogP contribution < -0.4 is 4.74 Å². The minimum absolute atomic E-state index is 0.0217. The minimum atomic E-state index is -5.84. The summed E-state index contributed by atoms with van der Waals surface area (Å²) in [6, 6.07) is 6.00. The van der Waals surface area contributed by atoms with E-state index in [4.69, 9.17) is 4.74 Å². The molecule has 4 nitrogen and oxygen atoms in total. The SMILES string of the molecule is CCOc1ccc2c(sc3c(F)c(C4=S(OS(=O)(=O)C(F)(F)F)CCCS4)ccc32)c1F.